The van der Waals surface area contributed by atoms with Gasteiger partial charge >= 0.3 is 5.97 Å². The van der Waals surface area contributed by atoms with Gasteiger partial charge < -0.3 is 4.74 Å². The molecule has 21 heavy (non-hydrogen) atoms. The third kappa shape index (κ3) is 2.97. The van der Waals surface area contributed by atoms with Crippen LogP contribution in [0.1, 0.15) is 17.3 Å². The van der Waals surface area contributed by atoms with Gasteiger partial charge in [-0.2, -0.15) is 5.26 Å². The summed E-state index contributed by atoms with van der Waals surface area (Å²) in [7, 11) is -1.83. The highest BCUT2D eigenvalue weighted by Gasteiger charge is 2.26. The van der Waals surface area contributed by atoms with Crippen LogP contribution in [0.4, 0.5) is 0 Å². The van der Waals surface area contributed by atoms with Crippen LogP contribution in [0.3, 0.4) is 0 Å². The lowest BCUT2D eigenvalue weighted by Gasteiger charge is -2.26. The first kappa shape index (κ1) is 15.6. The predicted molar refractivity (Wildman–Crippen MR) is 86.0 cm³/mol. The summed E-state index contributed by atoms with van der Waals surface area (Å²) in [5, 5.41) is 13.1. The molecule has 0 saturated heterocycles. The lowest BCUT2D eigenvalue weighted by atomic mass is 10.1. The molecule has 1 aromatic heterocycles. The maximum absolute atomic E-state index is 12.2. The van der Waals surface area contributed by atoms with Crippen LogP contribution >= 0.6 is 21.6 Å². The number of aromatic nitrogens is 1. The molecule has 0 amide bonds. The number of esters is 1. The molecule has 0 unspecified atom stereocenters. The van der Waals surface area contributed by atoms with E-state index in [4.69, 9.17) is 16.3 Å². The highest BCUT2D eigenvalue weighted by Crippen LogP contribution is 2.52. The molecule has 0 aliphatic heterocycles. The number of ether oxygens (including phenoxy) is 1. The van der Waals surface area contributed by atoms with Gasteiger partial charge in [-0.25, -0.2) is 4.79 Å². The van der Waals surface area contributed by atoms with Gasteiger partial charge in [-0.05, 0) is 37.6 Å². The fourth-order valence-corrected chi connectivity index (χ4v) is 3.75. The molecule has 2 rings (SSSR count). The summed E-state index contributed by atoms with van der Waals surface area (Å²) in [5.74, 6) is -0.460. The smallest absolute Gasteiger partial charge is 0.340 e. The van der Waals surface area contributed by atoms with Crippen LogP contribution in [0.25, 0.3) is 10.9 Å². The average Bonchev–Trinajstić information content (AvgIpc) is 2.45. The molecule has 2 aromatic rings. The molecule has 1 aromatic carbocycles. The Bertz CT molecular complexity index is 753. The molecule has 0 saturated carbocycles. The largest absolute Gasteiger partial charge is 0.462 e. The van der Waals surface area contributed by atoms with E-state index in [1.807, 2.05) is 12.5 Å². The molecule has 0 aliphatic carbocycles. The first-order valence-electron chi connectivity index (χ1n) is 6.30. The number of rotatable bonds is 3. The number of thiocyanates is 1. The number of nitrogens with zero attached hydrogens (tertiary/aromatic N) is 2. The molecule has 0 aliphatic rings. The van der Waals surface area contributed by atoms with Gasteiger partial charge in [0.25, 0.3) is 0 Å². The molecule has 0 fully saturated rings. The Hall–Kier alpha value is -1.77. The zero-order valence-electron chi connectivity index (χ0n) is 12.0. The summed E-state index contributed by atoms with van der Waals surface area (Å²) in [6.45, 7) is 2.01. The van der Waals surface area contributed by atoms with Crippen molar-refractivity contribution in [1.29, 1.82) is 5.26 Å². The van der Waals surface area contributed by atoms with E-state index in [9.17, 15) is 10.1 Å². The van der Waals surface area contributed by atoms with Gasteiger partial charge in [0.2, 0.25) is 0 Å². The molecule has 0 N–H and O–H groups in total. The van der Waals surface area contributed by atoms with Crippen LogP contribution in [0, 0.1) is 10.7 Å². The van der Waals surface area contributed by atoms with E-state index < -0.39 is 16.0 Å². The maximum Gasteiger partial charge on any atom is 0.340 e. The quantitative estimate of drug-likeness (QED) is 0.633. The van der Waals surface area contributed by atoms with E-state index >= 15 is 0 Å². The molecule has 1 heterocycles. The van der Waals surface area contributed by atoms with Gasteiger partial charge in [-0.1, -0.05) is 11.6 Å². The van der Waals surface area contributed by atoms with Gasteiger partial charge in [-0.3, -0.25) is 4.98 Å². The van der Waals surface area contributed by atoms with Crippen LogP contribution in [0.15, 0.2) is 29.3 Å². The van der Waals surface area contributed by atoms with Gasteiger partial charge in [0.1, 0.15) is 5.40 Å². The zero-order chi connectivity index (χ0) is 15.6. The number of hydrogen-bond donors (Lipinski definition) is 0. The summed E-state index contributed by atoms with van der Waals surface area (Å²) in [4.78, 5) is 17.1. The van der Waals surface area contributed by atoms with Crippen molar-refractivity contribution in [1.82, 2.24) is 4.98 Å². The third-order valence-electron chi connectivity index (χ3n) is 3.01. The molecule has 0 atom stereocenters. The average molecular weight is 323 g/mol. The van der Waals surface area contributed by atoms with Crippen LogP contribution in [0.5, 0.6) is 0 Å². The van der Waals surface area contributed by atoms with Crippen molar-refractivity contribution in [3.05, 3.63) is 35.0 Å². The highest BCUT2D eigenvalue weighted by atomic mass is 35.5. The van der Waals surface area contributed by atoms with Crippen molar-refractivity contribution in [3.8, 4) is 5.40 Å². The van der Waals surface area contributed by atoms with Gasteiger partial charge in [-0.15, -0.1) is 10.0 Å². The van der Waals surface area contributed by atoms with Crippen LogP contribution in [-0.4, -0.2) is 30.1 Å². The van der Waals surface area contributed by atoms with E-state index in [-0.39, 0.29) is 6.61 Å². The molecule has 110 valence electrons. The number of carbonyl (C=O) groups excluding carboxylic acids is 1. The lowest BCUT2D eigenvalue weighted by Crippen LogP contribution is -2.11. The van der Waals surface area contributed by atoms with E-state index in [0.29, 0.717) is 21.0 Å². The molecule has 0 bridgehead atoms. The van der Waals surface area contributed by atoms with Crippen LogP contribution in [0.2, 0.25) is 5.02 Å². The minimum absolute atomic E-state index is 0.272. The number of nitriles is 1. The Morgan fingerprint density at radius 2 is 2.19 bits per heavy atom. The zero-order valence-corrected chi connectivity index (χ0v) is 13.6. The first-order valence-corrected chi connectivity index (χ1v) is 9.13. The normalized spacial score (nSPS) is 12.0. The number of fused-ring (bicyclic) bond motifs is 1. The number of carbonyl (C=O) groups is 1. The summed E-state index contributed by atoms with van der Waals surface area (Å²) >= 11 is 6.06. The summed E-state index contributed by atoms with van der Waals surface area (Å²) in [5.41, 5.74) is 1.05. The molecule has 4 nitrogen and oxygen atoms in total. The minimum atomic E-state index is -1.83. The van der Waals surface area contributed by atoms with Crippen LogP contribution in [-0.2, 0) is 4.74 Å². The second kappa shape index (κ2) is 5.92. The van der Waals surface area contributed by atoms with Crippen molar-refractivity contribution in [2.24, 2.45) is 0 Å². The summed E-state index contributed by atoms with van der Waals surface area (Å²) in [6.07, 6.45) is 5.16. The Balaban J connectivity index is 2.84. The van der Waals surface area contributed by atoms with E-state index in [1.54, 1.807) is 25.1 Å². The molecular weight excluding hydrogens is 308 g/mol. The van der Waals surface area contributed by atoms with Crippen molar-refractivity contribution >= 4 is 38.5 Å². The minimum Gasteiger partial charge on any atom is -0.462 e. The number of halogens is 1. The predicted octanol–water partition coefficient (Wildman–Crippen LogP) is 3.97. The Labute approximate surface area is 130 Å². The van der Waals surface area contributed by atoms with Gasteiger partial charge in [0.05, 0.1) is 17.7 Å². The Kier molecular flexibility index (Phi) is 4.40. The lowest BCUT2D eigenvalue weighted by molar-refractivity contribution is 0.0522. The van der Waals surface area contributed by atoms with E-state index in [0.717, 1.165) is 5.39 Å². The molecule has 6 heteroatoms. The maximum atomic E-state index is 12.2. The summed E-state index contributed by atoms with van der Waals surface area (Å²) in [6, 6.07) is 5.26. The molecule has 0 radical (unpaired) electrons. The second-order valence-electron chi connectivity index (χ2n) is 4.80. The van der Waals surface area contributed by atoms with Crippen LogP contribution < -0.4 is 0 Å². The number of benzene rings is 1. The van der Waals surface area contributed by atoms with E-state index in [1.165, 1.54) is 6.20 Å². The van der Waals surface area contributed by atoms with E-state index in [2.05, 4.69) is 10.4 Å². The molecular formula is C15H15ClN2O2S. The molecule has 0 spiro atoms. The van der Waals surface area contributed by atoms with Crippen molar-refractivity contribution in [2.45, 2.75) is 11.8 Å². The fraction of sp³-hybridized carbons (Fsp3) is 0.267. The van der Waals surface area contributed by atoms with Crippen molar-refractivity contribution in [2.75, 3.05) is 19.1 Å². The highest BCUT2D eigenvalue weighted by molar-refractivity contribution is 8.36. The summed E-state index contributed by atoms with van der Waals surface area (Å²) < 4.78 is 5.08. The second-order valence-corrected chi connectivity index (χ2v) is 8.48. The van der Waals surface area contributed by atoms with Crippen molar-refractivity contribution < 1.29 is 9.53 Å². The monoisotopic (exact) mass is 322 g/mol. The Morgan fingerprint density at radius 1 is 1.48 bits per heavy atom. The Morgan fingerprint density at radius 3 is 2.81 bits per heavy atom. The third-order valence-corrected chi connectivity index (χ3v) is 5.17. The van der Waals surface area contributed by atoms with Gasteiger partial charge in [0, 0.05) is 21.5 Å². The van der Waals surface area contributed by atoms with Gasteiger partial charge in [0.15, 0.2) is 0 Å². The SMILES string of the molecule is CCOC(=O)c1cnc2ccc(Cl)cc2c1S(C)(C)C#N. The standard InChI is InChI=1S/C15H15ClN2O2S/c1-4-20-15(19)12-8-18-13-6-5-10(16)7-11(13)14(12)21(2,3)9-17/h5-8H,4H2,1-3H3. The number of pyridine rings is 1. The topological polar surface area (TPSA) is 63.0 Å². The van der Waals surface area contributed by atoms with Crippen molar-refractivity contribution in [3.63, 3.8) is 0 Å². The fourth-order valence-electron chi connectivity index (χ4n) is 2.09. The first-order chi connectivity index (χ1) is 9.90. The number of hydrogen-bond acceptors (Lipinski definition) is 4.